The first-order valence-corrected chi connectivity index (χ1v) is 8.64. The van der Waals surface area contributed by atoms with Crippen LogP contribution in [0.2, 0.25) is 0 Å². The Kier molecular flexibility index (Phi) is 3.59. The van der Waals surface area contributed by atoms with Crippen molar-refractivity contribution in [2.75, 3.05) is 10.5 Å². The largest absolute Gasteiger partial charge is 0.398 e. The standard InChI is InChI=1S/C16H18N2O2S/c17-16-7-2-1-4-14(16)11-21(19,20)18-15-9-8-12-5-3-6-13(12)10-15/h1-2,4,7-10,18H,3,5-6,11,17H2. The maximum Gasteiger partial charge on any atom is 0.236 e. The van der Waals surface area contributed by atoms with Crippen molar-refractivity contribution >= 4 is 21.4 Å². The van der Waals surface area contributed by atoms with Gasteiger partial charge >= 0.3 is 0 Å². The van der Waals surface area contributed by atoms with E-state index in [-0.39, 0.29) is 5.75 Å². The van der Waals surface area contributed by atoms with Crippen molar-refractivity contribution in [2.24, 2.45) is 0 Å². The SMILES string of the molecule is Nc1ccccc1CS(=O)(=O)Nc1ccc2c(c1)CCC2. The van der Waals surface area contributed by atoms with E-state index in [4.69, 9.17) is 5.73 Å². The molecule has 0 aliphatic heterocycles. The van der Waals surface area contributed by atoms with Crippen LogP contribution in [0.4, 0.5) is 11.4 Å². The van der Waals surface area contributed by atoms with E-state index in [0.717, 1.165) is 19.3 Å². The summed E-state index contributed by atoms with van der Waals surface area (Å²) >= 11 is 0. The maximum absolute atomic E-state index is 12.3. The normalized spacial score (nSPS) is 13.9. The van der Waals surface area contributed by atoms with Gasteiger partial charge in [-0.1, -0.05) is 24.3 Å². The quantitative estimate of drug-likeness (QED) is 0.853. The van der Waals surface area contributed by atoms with Gasteiger partial charge in [-0.2, -0.15) is 0 Å². The molecule has 0 spiro atoms. The lowest BCUT2D eigenvalue weighted by Gasteiger charge is -2.11. The van der Waals surface area contributed by atoms with Gasteiger partial charge in [0.2, 0.25) is 10.0 Å². The maximum atomic E-state index is 12.3. The van der Waals surface area contributed by atoms with Crippen molar-refractivity contribution in [3.8, 4) is 0 Å². The van der Waals surface area contributed by atoms with E-state index in [0.29, 0.717) is 16.9 Å². The number of nitrogens with two attached hydrogens (primary N) is 1. The van der Waals surface area contributed by atoms with Crippen LogP contribution in [0.1, 0.15) is 23.1 Å². The molecule has 0 heterocycles. The van der Waals surface area contributed by atoms with Crippen LogP contribution in [0.25, 0.3) is 0 Å². The fourth-order valence-electron chi connectivity index (χ4n) is 2.72. The zero-order valence-corrected chi connectivity index (χ0v) is 12.5. The summed E-state index contributed by atoms with van der Waals surface area (Å²) in [5, 5.41) is 0. The number of fused-ring (bicyclic) bond motifs is 1. The molecule has 5 heteroatoms. The zero-order chi connectivity index (χ0) is 14.9. The molecule has 0 atom stereocenters. The van der Waals surface area contributed by atoms with Gasteiger partial charge in [-0.3, -0.25) is 4.72 Å². The van der Waals surface area contributed by atoms with Gasteiger partial charge in [0.25, 0.3) is 0 Å². The number of hydrogen-bond donors (Lipinski definition) is 2. The molecule has 0 saturated carbocycles. The van der Waals surface area contributed by atoms with Crippen molar-refractivity contribution in [2.45, 2.75) is 25.0 Å². The minimum absolute atomic E-state index is 0.114. The van der Waals surface area contributed by atoms with Crippen LogP contribution < -0.4 is 10.5 Å². The van der Waals surface area contributed by atoms with Crippen LogP contribution in [0.3, 0.4) is 0 Å². The van der Waals surface area contributed by atoms with Crippen molar-refractivity contribution in [3.63, 3.8) is 0 Å². The molecular formula is C16H18N2O2S. The van der Waals surface area contributed by atoms with Crippen LogP contribution in [0.5, 0.6) is 0 Å². The highest BCUT2D eigenvalue weighted by atomic mass is 32.2. The van der Waals surface area contributed by atoms with E-state index in [9.17, 15) is 8.42 Å². The van der Waals surface area contributed by atoms with E-state index in [1.165, 1.54) is 11.1 Å². The van der Waals surface area contributed by atoms with Crippen molar-refractivity contribution in [3.05, 3.63) is 59.2 Å². The van der Waals surface area contributed by atoms with Crippen molar-refractivity contribution in [1.29, 1.82) is 0 Å². The van der Waals surface area contributed by atoms with Gasteiger partial charge in [-0.05, 0) is 54.2 Å². The third kappa shape index (κ3) is 3.19. The van der Waals surface area contributed by atoms with Gasteiger partial charge < -0.3 is 5.73 Å². The third-order valence-electron chi connectivity index (χ3n) is 3.77. The van der Waals surface area contributed by atoms with Gasteiger partial charge in [0.1, 0.15) is 0 Å². The lowest BCUT2D eigenvalue weighted by Crippen LogP contribution is -2.16. The summed E-state index contributed by atoms with van der Waals surface area (Å²) in [4.78, 5) is 0. The van der Waals surface area contributed by atoms with Crippen LogP contribution in [0, 0.1) is 0 Å². The molecule has 1 aliphatic rings. The Morgan fingerprint density at radius 2 is 1.81 bits per heavy atom. The summed E-state index contributed by atoms with van der Waals surface area (Å²) < 4.78 is 27.2. The first kappa shape index (κ1) is 13.9. The van der Waals surface area contributed by atoms with E-state index < -0.39 is 10.0 Å². The summed E-state index contributed by atoms with van der Waals surface area (Å²) in [6, 6.07) is 12.8. The highest BCUT2D eigenvalue weighted by Crippen LogP contribution is 2.26. The Hall–Kier alpha value is -2.01. The summed E-state index contributed by atoms with van der Waals surface area (Å²) in [7, 11) is -3.46. The number of hydrogen-bond acceptors (Lipinski definition) is 3. The second-order valence-corrected chi connectivity index (χ2v) is 7.12. The average Bonchev–Trinajstić information content (AvgIpc) is 2.88. The van der Waals surface area contributed by atoms with Crippen molar-refractivity contribution in [1.82, 2.24) is 0 Å². The molecule has 0 amide bonds. The van der Waals surface area contributed by atoms with E-state index in [1.54, 1.807) is 24.3 Å². The summed E-state index contributed by atoms with van der Waals surface area (Å²) in [6.45, 7) is 0. The molecule has 3 rings (SSSR count). The Labute approximate surface area is 125 Å². The number of nitrogen functional groups attached to an aromatic ring is 1. The van der Waals surface area contributed by atoms with Crippen molar-refractivity contribution < 1.29 is 8.42 Å². The molecule has 0 saturated heterocycles. The molecule has 110 valence electrons. The number of para-hydroxylation sites is 1. The second kappa shape index (κ2) is 5.41. The van der Waals surface area contributed by atoms with Gasteiger partial charge in [0.05, 0.1) is 5.75 Å². The number of sulfonamides is 1. The molecule has 0 fully saturated rings. The molecule has 3 N–H and O–H groups in total. The molecule has 0 radical (unpaired) electrons. The molecule has 0 aromatic heterocycles. The van der Waals surface area contributed by atoms with Gasteiger partial charge in [-0.25, -0.2) is 8.42 Å². The summed E-state index contributed by atoms with van der Waals surface area (Å²) in [6.07, 6.45) is 3.26. The lowest BCUT2D eigenvalue weighted by atomic mass is 10.1. The first-order valence-electron chi connectivity index (χ1n) is 6.99. The number of anilines is 2. The Morgan fingerprint density at radius 1 is 1.05 bits per heavy atom. The highest BCUT2D eigenvalue weighted by molar-refractivity contribution is 7.91. The number of benzene rings is 2. The summed E-state index contributed by atoms with van der Waals surface area (Å²) in [5.74, 6) is -0.114. The molecule has 1 aliphatic carbocycles. The number of rotatable bonds is 4. The lowest BCUT2D eigenvalue weighted by molar-refractivity contribution is 0.600. The Balaban J connectivity index is 1.79. The second-order valence-electron chi connectivity index (χ2n) is 5.40. The molecule has 4 nitrogen and oxygen atoms in total. The Bertz CT molecular complexity index is 770. The molecule has 0 unspecified atom stereocenters. The monoisotopic (exact) mass is 302 g/mol. The smallest absolute Gasteiger partial charge is 0.236 e. The van der Waals surface area contributed by atoms with Crippen LogP contribution in [-0.4, -0.2) is 8.42 Å². The fourth-order valence-corrected chi connectivity index (χ4v) is 3.95. The van der Waals surface area contributed by atoms with E-state index in [1.807, 2.05) is 18.2 Å². The van der Waals surface area contributed by atoms with E-state index >= 15 is 0 Å². The number of nitrogens with one attached hydrogen (secondary N) is 1. The number of aryl methyl sites for hydroxylation is 2. The van der Waals surface area contributed by atoms with Gasteiger partial charge in [-0.15, -0.1) is 0 Å². The van der Waals surface area contributed by atoms with Crippen LogP contribution in [-0.2, 0) is 28.6 Å². The fraction of sp³-hybridized carbons (Fsp3) is 0.250. The zero-order valence-electron chi connectivity index (χ0n) is 11.7. The minimum atomic E-state index is -3.46. The third-order valence-corrected chi connectivity index (χ3v) is 5.01. The first-order chi connectivity index (χ1) is 10.0. The van der Waals surface area contributed by atoms with Gasteiger partial charge in [0.15, 0.2) is 0 Å². The molecule has 0 bridgehead atoms. The topological polar surface area (TPSA) is 72.2 Å². The molecule has 2 aromatic carbocycles. The predicted molar refractivity (Wildman–Crippen MR) is 85.6 cm³/mol. The van der Waals surface area contributed by atoms with Gasteiger partial charge in [0, 0.05) is 11.4 Å². The average molecular weight is 302 g/mol. The van der Waals surface area contributed by atoms with Crippen LogP contribution in [0.15, 0.2) is 42.5 Å². The predicted octanol–water partition coefficient (Wildman–Crippen LogP) is 2.70. The highest BCUT2D eigenvalue weighted by Gasteiger charge is 2.16. The Morgan fingerprint density at radius 3 is 2.62 bits per heavy atom. The minimum Gasteiger partial charge on any atom is -0.398 e. The molecule has 2 aromatic rings. The molecular weight excluding hydrogens is 284 g/mol. The summed E-state index contributed by atoms with van der Waals surface area (Å²) in [5.41, 5.74) is 10.1. The van der Waals surface area contributed by atoms with E-state index in [2.05, 4.69) is 4.72 Å². The molecule has 21 heavy (non-hydrogen) atoms. The van der Waals surface area contributed by atoms with Crippen LogP contribution >= 0.6 is 0 Å².